The number of carbonyl (C=O) groups is 1. The van der Waals surface area contributed by atoms with Crippen LogP contribution in [0.4, 0.5) is 0 Å². The molecule has 5 heteroatoms. The summed E-state index contributed by atoms with van der Waals surface area (Å²) in [5, 5.41) is 13.7. The maximum absolute atomic E-state index is 13.3. The predicted octanol–water partition coefficient (Wildman–Crippen LogP) is 5.84. The van der Waals surface area contributed by atoms with Crippen LogP contribution in [0.2, 0.25) is 0 Å². The largest absolute Gasteiger partial charge is 0.507 e. The molecule has 1 aliphatic rings. The second-order valence-electron chi connectivity index (χ2n) is 7.12. The number of fused-ring (bicyclic) bond motifs is 2. The number of ketones is 1. The molecule has 0 unspecified atom stereocenters. The first-order chi connectivity index (χ1) is 13.5. The summed E-state index contributed by atoms with van der Waals surface area (Å²) in [4.78, 5) is 26.3. The third-order valence-corrected chi connectivity index (χ3v) is 6.88. The van der Waals surface area contributed by atoms with E-state index in [1.807, 2.05) is 50.4 Å². The zero-order valence-corrected chi connectivity index (χ0v) is 17.0. The summed E-state index contributed by atoms with van der Waals surface area (Å²) in [6.45, 7) is 5.67. The van der Waals surface area contributed by atoms with E-state index in [1.54, 1.807) is 11.3 Å². The van der Waals surface area contributed by atoms with Gasteiger partial charge in [0, 0.05) is 32.7 Å². The summed E-state index contributed by atoms with van der Waals surface area (Å²) in [7, 11) is 0. The van der Waals surface area contributed by atoms with Crippen molar-refractivity contribution in [1.29, 1.82) is 0 Å². The first kappa shape index (κ1) is 18.7. The minimum absolute atomic E-state index is 0.138. The number of allylic oxidation sites excluding steroid dienone is 1. The van der Waals surface area contributed by atoms with Crippen LogP contribution in [0, 0.1) is 0 Å². The Morgan fingerprint density at radius 3 is 2.50 bits per heavy atom. The van der Waals surface area contributed by atoms with E-state index in [-0.39, 0.29) is 22.5 Å². The van der Waals surface area contributed by atoms with Crippen LogP contribution >= 0.6 is 11.3 Å². The maximum atomic E-state index is 13.3. The van der Waals surface area contributed by atoms with Crippen LogP contribution in [0.15, 0.2) is 50.5 Å². The number of aliphatic hydroxyl groups is 1. The van der Waals surface area contributed by atoms with Gasteiger partial charge in [0.25, 0.3) is 0 Å². The lowest BCUT2D eigenvalue weighted by atomic mass is 9.68. The van der Waals surface area contributed by atoms with Gasteiger partial charge >= 0.3 is 0 Å². The van der Waals surface area contributed by atoms with E-state index < -0.39 is 5.41 Å². The molecule has 1 N–H and O–H groups in total. The molecule has 1 aromatic carbocycles. The molecule has 0 saturated heterocycles. The molecule has 2 aromatic heterocycles. The number of Topliss-reactive ketones (excluding diaryl/α,β-unsaturated/α-hetero) is 1. The third-order valence-electron chi connectivity index (χ3n) is 5.92. The first-order valence-corrected chi connectivity index (χ1v) is 10.5. The van der Waals surface area contributed by atoms with Gasteiger partial charge in [-0.1, -0.05) is 39.0 Å². The van der Waals surface area contributed by atoms with Gasteiger partial charge in [-0.05, 0) is 25.3 Å². The number of hydrogen-bond acceptors (Lipinski definition) is 5. The lowest BCUT2D eigenvalue weighted by Gasteiger charge is -2.35. The number of carbonyl (C=O) groups excluding carboxylic acids is 1. The first-order valence-electron chi connectivity index (χ1n) is 9.61. The molecular formula is C23H22O4S. The Labute approximate surface area is 167 Å². The van der Waals surface area contributed by atoms with Crippen molar-refractivity contribution in [3.8, 4) is 11.3 Å². The summed E-state index contributed by atoms with van der Waals surface area (Å²) in [5.41, 5.74) is 0.0571. The van der Waals surface area contributed by atoms with Crippen LogP contribution in [-0.4, -0.2) is 10.9 Å². The van der Waals surface area contributed by atoms with Crippen molar-refractivity contribution in [3.05, 3.63) is 62.8 Å². The van der Waals surface area contributed by atoms with Crippen LogP contribution in [-0.2, 0) is 10.2 Å². The van der Waals surface area contributed by atoms with E-state index in [9.17, 15) is 14.7 Å². The molecule has 0 atom stereocenters. The molecule has 0 aliphatic heterocycles. The van der Waals surface area contributed by atoms with E-state index in [0.717, 1.165) is 15.6 Å². The molecule has 0 spiro atoms. The molecule has 4 rings (SSSR count). The fraction of sp³-hybridized carbons (Fsp3) is 0.304. The van der Waals surface area contributed by atoms with Crippen molar-refractivity contribution in [2.45, 2.75) is 45.4 Å². The molecule has 4 nitrogen and oxygen atoms in total. The Hall–Kier alpha value is -2.66. The fourth-order valence-corrected chi connectivity index (χ4v) is 5.18. The van der Waals surface area contributed by atoms with E-state index in [2.05, 4.69) is 0 Å². The van der Waals surface area contributed by atoms with Gasteiger partial charge in [-0.2, -0.15) is 0 Å². The molecule has 28 heavy (non-hydrogen) atoms. The summed E-state index contributed by atoms with van der Waals surface area (Å²) in [5.74, 6) is 0.374. The molecule has 0 fully saturated rings. The van der Waals surface area contributed by atoms with Crippen LogP contribution in [0.5, 0.6) is 0 Å². The Kier molecular flexibility index (Phi) is 4.50. The van der Waals surface area contributed by atoms with E-state index in [4.69, 9.17) is 4.42 Å². The normalized spacial score (nSPS) is 15.9. The zero-order valence-electron chi connectivity index (χ0n) is 16.2. The molecule has 144 valence electrons. The number of hydrogen-bond donors (Lipinski definition) is 1. The molecule has 1 aliphatic carbocycles. The van der Waals surface area contributed by atoms with Gasteiger partial charge in [-0.3, -0.25) is 9.59 Å². The van der Waals surface area contributed by atoms with Gasteiger partial charge in [-0.15, -0.1) is 11.3 Å². The highest BCUT2D eigenvalue weighted by molar-refractivity contribution is 7.17. The third kappa shape index (κ3) is 2.42. The Bertz CT molecular complexity index is 1170. The fourth-order valence-electron chi connectivity index (χ4n) is 4.23. The van der Waals surface area contributed by atoms with Gasteiger partial charge < -0.3 is 9.52 Å². The second-order valence-corrected chi connectivity index (χ2v) is 8.03. The van der Waals surface area contributed by atoms with Crippen molar-refractivity contribution in [3.63, 3.8) is 0 Å². The summed E-state index contributed by atoms with van der Waals surface area (Å²) in [6.07, 6.45) is 1.38. The predicted molar refractivity (Wildman–Crippen MR) is 113 cm³/mol. The molecule has 0 bridgehead atoms. The van der Waals surface area contributed by atoms with E-state index in [0.29, 0.717) is 36.4 Å². The maximum Gasteiger partial charge on any atom is 0.196 e. The Morgan fingerprint density at radius 1 is 1.11 bits per heavy atom. The van der Waals surface area contributed by atoms with Crippen LogP contribution in [0.25, 0.3) is 27.2 Å². The standard InChI is InChI=1S/C23H22O4S/c1-4-13-20(25)19-16(24)11-17(15-12-28-18-10-8-7-9-14(15)18)27-22(19)23(5-2,6-3)21(13)26/h7-12,25H,4-6H2,1-3H3. The van der Waals surface area contributed by atoms with Crippen LogP contribution < -0.4 is 5.43 Å². The van der Waals surface area contributed by atoms with E-state index in [1.165, 1.54) is 6.07 Å². The molecule has 0 amide bonds. The number of rotatable bonds is 4. The monoisotopic (exact) mass is 394 g/mol. The molecule has 0 radical (unpaired) electrons. The van der Waals surface area contributed by atoms with Crippen molar-refractivity contribution < 1.29 is 14.3 Å². The Morgan fingerprint density at radius 2 is 1.82 bits per heavy atom. The van der Waals surface area contributed by atoms with Gasteiger partial charge in [-0.25, -0.2) is 0 Å². The average Bonchev–Trinajstić information content (AvgIpc) is 3.13. The number of thiophene rings is 1. The van der Waals surface area contributed by atoms with Crippen molar-refractivity contribution >= 4 is 33.0 Å². The van der Waals surface area contributed by atoms with E-state index >= 15 is 0 Å². The lowest BCUT2D eigenvalue weighted by molar-refractivity contribution is -0.122. The van der Waals surface area contributed by atoms with Gasteiger partial charge in [0.05, 0.1) is 5.41 Å². The van der Waals surface area contributed by atoms with Gasteiger partial charge in [0.1, 0.15) is 22.8 Å². The van der Waals surface area contributed by atoms with Gasteiger partial charge in [0.15, 0.2) is 11.2 Å². The summed E-state index contributed by atoms with van der Waals surface area (Å²) < 4.78 is 7.36. The minimum Gasteiger partial charge on any atom is -0.507 e. The average molecular weight is 394 g/mol. The summed E-state index contributed by atoms with van der Waals surface area (Å²) >= 11 is 1.58. The molecule has 3 aromatic rings. The van der Waals surface area contributed by atoms with Crippen LogP contribution in [0.3, 0.4) is 0 Å². The second kappa shape index (κ2) is 6.74. The van der Waals surface area contributed by atoms with Crippen molar-refractivity contribution in [1.82, 2.24) is 0 Å². The lowest BCUT2D eigenvalue weighted by Crippen LogP contribution is -2.41. The molecular weight excluding hydrogens is 372 g/mol. The van der Waals surface area contributed by atoms with Crippen molar-refractivity contribution in [2.75, 3.05) is 0 Å². The molecule has 0 saturated carbocycles. The Balaban J connectivity index is 2.06. The highest BCUT2D eigenvalue weighted by Crippen LogP contribution is 2.45. The summed E-state index contributed by atoms with van der Waals surface area (Å²) in [6, 6.07) is 9.36. The minimum atomic E-state index is -0.923. The van der Waals surface area contributed by atoms with Gasteiger partial charge in [0.2, 0.25) is 0 Å². The quantitative estimate of drug-likeness (QED) is 0.603. The number of benzene rings is 1. The zero-order chi connectivity index (χ0) is 20.1. The topological polar surface area (TPSA) is 67.5 Å². The van der Waals surface area contributed by atoms with Crippen molar-refractivity contribution in [2.24, 2.45) is 0 Å². The highest BCUT2D eigenvalue weighted by Gasteiger charge is 2.48. The number of aliphatic hydroxyl groups excluding tert-OH is 1. The highest BCUT2D eigenvalue weighted by atomic mass is 32.1. The van der Waals surface area contributed by atoms with Crippen LogP contribution in [0.1, 0.15) is 51.4 Å². The SMILES string of the molecule is CCC1=C(O)c2c(oc(-c3csc4ccccc34)cc2=O)C(CC)(CC)C1=O. The molecule has 2 heterocycles. The smallest absolute Gasteiger partial charge is 0.196 e.